The van der Waals surface area contributed by atoms with Gasteiger partial charge in [0.25, 0.3) is 0 Å². The van der Waals surface area contributed by atoms with Crippen LogP contribution in [-0.4, -0.2) is 55.7 Å². The van der Waals surface area contributed by atoms with E-state index in [9.17, 15) is 4.79 Å². The monoisotopic (exact) mass is 383 g/mol. The molecule has 1 aliphatic rings. The number of thiazole rings is 1. The van der Waals surface area contributed by atoms with Crippen LogP contribution in [0.25, 0.3) is 0 Å². The van der Waals surface area contributed by atoms with Gasteiger partial charge in [0.1, 0.15) is 0 Å². The summed E-state index contributed by atoms with van der Waals surface area (Å²) in [6, 6.07) is 0. The number of likely N-dealkylation sites (tertiary alicyclic amines) is 1. The molecule has 0 bridgehead atoms. The lowest BCUT2D eigenvalue weighted by Crippen LogP contribution is -2.43. The summed E-state index contributed by atoms with van der Waals surface area (Å²) in [7, 11) is 1.66. The number of piperidine rings is 1. The Morgan fingerprint density at radius 2 is 2.30 bits per heavy atom. The summed E-state index contributed by atoms with van der Waals surface area (Å²) in [5.74, 6) is 0.593. The van der Waals surface area contributed by atoms with E-state index in [-0.39, 0.29) is 30.7 Å². The van der Waals surface area contributed by atoms with Gasteiger partial charge in [0.15, 0.2) is 0 Å². The van der Waals surface area contributed by atoms with E-state index in [1.165, 1.54) is 10.7 Å². The number of hydrogen-bond donors (Lipinski definition) is 1. The Kier molecular flexibility index (Phi) is 11.8. The summed E-state index contributed by atoms with van der Waals surface area (Å²) >= 11 is 1.74. The summed E-state index contributed by atoms with van der Waals surface area (Å²) in [5, 5.41) is 6.45. The van der Waals surface area contributed by atoms with Gasteiger partial charge in [-0.05, 0) is 19.3 Å². The van der Waals surface area contributed by atoms with E-state index in [4.69, 9.17) is 4.74 Å². The number of methoxy groups -OCH3 is 1. The van der Waals surface area contributed by atoms with Gasteiger partial charge >= 0.3 is 0 Å². The number of hydrogen-bond acceptors (Lipinski definition) is 5. The Morgan fingerprint density at radius 3 is 2.96 bits per heavy atom. The number of carbonyl (C=O) groups is 1. The molecule has 23 heavy (non-hydrogen) atoms. The second-order valence-electron chi connectivity index (χ2n) is 5.38. The first-order valence-corrected chi connectivity index (χ1v) is 8.54. The van der Waals surface area contributed by atoms with Crippen molar-refractivity contribution >= 4 is 42.1 Å². The molecule has 0 saturated carbocycles. The van der Waals surface area contributed by atoms with E-state index in [1.54, 1.807) is 18.4 Å². The maximum absolute atomic E-state index is 12.2. The molecule has 1 amide bonds. The van der Waals surface area contributed by atoms with Crippen LogP contribution in [0.3, 0.4) is 0 Å². The van der Waals surface area contributed by atoms with Crippen LogP contribution >= 0.6 is 36.2 Å². The minimum atomic E-state index is 0. The van der Waals surface area contributed by atoms with E-state index in [2.05, 4.69) is 22.6 Å². The fraction of sp³-hybridized carbons (Fsp3) is 0.733. The Bertz CT molecular complexity index is 460. The third-order valence-electron chi connectivity index (χ3n) is 3.81. The van der Waals surface area contributed by atoms with Gasteiger partial charge in [-0.2, -0.15) is 0 Å². The minimum Gasteiger partial charge on any atom is -0.383 e. The maximum atomic E-state index is 12.2. The number of amides is 1. The van der Waals surface area contributed by atoms with Crippen molar-refractivity contribution < 1.29 is 9.53 Å². The molecular formula is C15H27Cl2N3O2S. The molecule has 1 aromatic rings. The standard InChI is InChI=1S/C15H25N3O2S.2ClH/c1-3-13-11-21-15(17-13)12-5-4-7-18(10-12)14(19)9-16-6-8-20-2;;/h11-12,16H,3-10H2,1-2H3;2*1H. The van der Waals surface area contributed by atoms with Crippen molar-refractivity contribution in [3.63, 3.8) is 0 Å². The van der Waals surface area contributed by atoms with Crippen LogP contribution < -0.4 is 5.32 Å². The molecule has 0 spiro atoms. The third-order valence-corrected chi connectivity index (χ3v) is 4.87. The first kappa shape index (κ1) is 22.6. The zero-order valence-electron chi connectivity index (χ0n) is 13.7. The van der Waals surface area contributed by atoms with Crippen LogP contribution in [0.1, 0.15) is 36.4 Å². The third kappa shape index (κ3) is 6.93. The number of nitrogens with zero attached hydrogens (tertiary/aromatic N) is 2. The van der Waals surface area contributed by atoms with Crippen molar-refractivity contribution in [3.8, 4) is 0 Å². The molecule has 0 aromatic carbocycles. The Hall–Kier alpha value is -0.400. The number of halogens is 2. The van der Waals surface area contributed by atoms with E-state index in [1.807, 2.05) is 4.90 Å². The molecule has 1 unspecified atom stereocenters. The topological polar surface area (TPSA) is 54.5 Å². The van der Waals surface area contributed by atoms with Crippen molar-refractivity contribution in [1.29, 1.82) is 0 Å². The molecule has 1 fully saturated rings. The molecule has 0 aliphatic carbocycles. The van der Waals surface area contributed by atoms with E-state index in [0.717, 1.165) is 32.4 Å². The molecular weight excluding hydrogens is 357 g/mol. The molecule has 1 aromatic heterocycles. The second-order valence-corrected chi connectivity index (χ2v) is 6.27. The molecule has 2 rings (SSSR count). The number of carbonyl (C=O) groups excluding carboxylic acids is 1. The van der Waals surface area contributed by atoms with Gasteiger partial charge < -0.3 is 15.0 Å². The van der Waals surface area contributed by atoms with Crippen LogP contribution in [0, 0.1) is 0 Å². The molecule has 2 heterocycles. The molecule has 1 atom stereocenters. The van der Waals surface area contributed by atoms with Gasteiger partial charge in [0.2, 0.25) is 5.91 Å². The highest BCUT2D eigenvalue weighted by atomic mass is 35.5. The smallest absolute Gasteiger partial charge is 0.236 e. The van der Waals surface area contributed by atoms with Gasteiger partial charge in [-0.3, -0.25) is 4.79 Å². The normalized spacial score (nSPS) is 17.3. The second kappa shape index (κ2) is 12.0. The van der Waals surface area contributed by atoms with Crippen LogP contribution in [0.5, 0.6) is 0 Å². The average molecular weight is 384 g/mol. The predicted molar refractivity (Wildman–Crippen MR) is 99.3 cm³/mol. The molecule has 0 radical (unpaired) electrons. The Labute approximate surface area is 155 Å². The van der Waals surface area contributed by atoms with Crippen LogP contribution in [0.2, 0.25) is 0 Å². The van der Waals surface area contributed by atoms with Crippen molar-refractivity contribution in [2.75, 3.05) is 39.9 Å². The van der Waals surface area contributed by atoms with Gasteiger partial charge in [0.05, 0.1) is 23.9 Å². The molecule has 1 N–H and O–H groups in total. The highest BCUT2D eigenvalue weighted by Crippen LogP contribution is 2.29. The fourth-order valence-electron chi connectivity index (χ4n) is 2.56. The van der Waals surface area contributed by atoms with Crippen LogP contribution in [-0.2, 0) is 16.0 Å². The Balaban J connectivity index is 0.00000242. The van der Waals surface area contributed by atoms with Crippen molar-refractivity contribution in [1.82, 2.24) is 15.2 Å². The zero-order chi connectivity index (χ0) is 15.1. The SMILES string of the molecule is CCc1csc(C2CCCN(C(=O)CNCCOC)C2)n1.Cl.Cl. The number of aromatic nitrogens is 1. The van der Waals surface area contributed by atoms with Gasteiger partial charge in [0, 0.05) is 38.0 Å². The fourth-order valence-corrected chi connectivity index (χ4v) is 3.59. The summed E-state index contributed by atoms with van der Waals surface area (Å²) < 4.78 is 4.96. The number of aryl methyl sites for hydroxylation is 1. The largest absolute Gasteiger partial charge is 0.383 e. The van der Waals surface area contributed by atoms with Gasteiger partial charge in [-0.25, -0.2) is 4.98 Å². The van der Waals surface area contributed by atoms with Crippen molar-refractivity contribution in [2.45, 2.75) is 32.1 Å². The summed E-state index contributed by atoms with van der Waals surface area (Å²) in [5.41, 5.74) is 1.17. The predicted octanol–water partition coefficient (Wildman–Crippen LogP) is 2.49. The van der Waals surface area contributed by atoms with Crippen LogP contribution in [0.15, 0.2) is 5.38 Å². The molecule has 134 valence electrons. The first-order chi connectivity index (χ1) is 10.2. The van der Waals surface area contributed by atoms with Crippen LogP contribution in [0.4, 0.5) is 0 Å². The quantitative estimate of drug-likeness (QED) is 0.734. The lowest BCUT2D eigenvalue weighted by molar-refractivity contribution is -0.131. The molecule has 1 saturated heterocycles. The molecule has 1 aliphatic heterocycles. The lowest BCUT2D eigenvalue weighted by Gasteiger charge is -2.32. The van der Waals surface area contributed by atoms with Gasteiger partial charge in [-0.15, -0.1) is 36.2 Å². The number of rotatable bonds is 7. The summed E-state index contributed by atoms with van der Waals surface area (Å²) in [4.78, 5) is 18.9. The summed E-state index contributed by atoms with van der Waals surface area (Å²) in [6.45, 7) is 5.55. The highest BCUT2D eigenvalue weighted by Gasteiger charge is 2.26. The van der Waals surface area contributed by atoms with Gasteiger partial charge in [-0.1, -0.05) is 6.92 Å². The maximum Gasteiger partial charge on any atom is 0.236 e. The Morgan fingerprint density at radius 1 is 1.52 bits per heavy atom. The number of nitrogens with one attached hydrogen (secondary N) is 1. The number of ether oxygens (including phenoxy) is 1. The van der Waals surface area contributed by atoms with Crippen molar-refractivity contribution in [2.24, 2.45) is 0 Å². The van der Waals surface area contributed by atoms with E-state index >= 15 is 0 Å². The average Bonchev–Trinajstić information content (AvgIpc) is 3.00. The van der Waals surface area contributed by atoms with Crippen molar-refractivity contribution in [3.05, 3.63) is 16.1 Å². The minimum absolute atomic E-state index is 0. The highest BCUT2D eigenvalue weighted by molar-refractivity contribution is 7.09. The first-order valence-electron chi connectivity index (χ1n) is 7.66. The molecule has 8 heteroatoms. The zero-order valence-corrected chi connectivity index (χ0v) is 16.2. The molecule has 5 nitrogen and oxygen atoms in total. The van der Waals surface area contributed by atoms with E-state index in [0.29, 0.717) is 25.6 Å². The van der Waals surface area contributed by atoms with E-state index < -0.39 is 0 Å². The lowest BCUT2D eigenvalue weighted by atomic mass is 9.98. The summed E-state index contributed by atoms with van der Waals surface area (Å²) in [6.07, 6.45) is 3.18.